The molecule has 16 heteroatoms. The number of rotatable bonds is 13. The maximum atomic E-state index is 13.0. The van der Waals surface area contributed by atoms with Crippen molar-refractivity contribution in [2.75, 3.05) is 81.8 Å². The summed E-state index contributed by atoms with van der Waals surface area (Å²) in [7, 11) is -0.882. The summed E-state index contributed by atoms with van der Waals surface area (Å²) in [6.45, 7) is 11.2. The highest BCUT2D eigenvalue weighted by molar-refractivity contribution is 7.70. The lowest BCUT2D eigenvalue weighted by molar-refractivity contribution is -0.136. The molecule has 0 saturated carbocycles. The number of carbonyl (C=O) groups excluding carboxylic acids is 3. The van der Waals surface area contributed by atoms with E-state index >= 15 is 0 Å². The number of anilines is 5. The number of hydrogen-bond acceptors (Lipinski definition) is 12. The molecule has 0 aliphatic carbocycles. The molecular weight excluding hydrogens is 837 g/mol. The molecule has 63 heavy (non-hydrogen) atoms. The molecule has 0 bridgehead atoms. The number of nitrogens with zero attached hydrogens (tertiary/aromatic N) is 6. The number of piperidine rings is 2. The molecule has 5 heterocycles. The summed E-state index contributed by atoms with van der Waals surface area (Å²) in [6, 6.07) is 19.2. The first-order chi connectivity index (χ1) is 30.4. The fourth-order valence-corrected chi connectivity index (χ4v) is 10.3. The number of fused-ring (bicyclic) bond motifs is 1. The van der Waals surface area contributed by atoms with Gasteiger partial charge in [-0.25, -0.2) is 4.98 Å². The number of halogens is 1. The van der Waals surface area contributed by atoms with Crippen LogP contribution in [0.3, 0.4) is 0 Å². The molecular formula is C47H55ClN9O5P. The predicted octanol–water partition coefficient (Wildman–Crippen LogP) is 6.44. The lowest BCUT2D eigenvalue weighted by Crippen LogP contribution is -2.53. The van der Waals surface area contributed by atoms with Crippen LogP contribution in [-0.2, 0) is 20.7 Å². The van der Waals surface area contributed by atoms with Gasteiger partial charge in [0.25, 0.3) is 5.91 Å². The van der Waals surface area contributed by atoms with E-state index in [-0.39, 0.29) is 18.2 Å². The number of amides is 3. The summed E-state index contributed by atoms with van der Waals surface area (Å²) in [5.41, 5.74) is 4.90. The first-order valence-electron chi connectivity index (χ1n) is 21.8. The van der Waals surface area contributed by atoms with E-state index < -0.39 is 19.1 Å². The number of unbranched alkanes of at least 4 members (excludes halogenated alkanes) is 2. The topological polar surface area (TPSA) is 152 Å². The molecule has 0 spiro atoms. The van der Waals surface area contributed by atoms with Gasteiger partial charge in [-0.2, -0.15) is 4.98 Å². The van der Waals surface area contributed by atoms with Crippen molar-refractivity contribution >= 4 is 70.6 Å². The van der Waals surface area contributed by atoms with Crippen LogP contribution >= 0.6 is 18.7 Å². The number of ether oxygens (including phenoxy) is 1. The van der Waals surface area contributed by atoms with E-state index in [9.17, 15) is 18.9 Å². The Morgan fingerprint density at radius 2 is 1.71 bits per heavy atom. The van der Waals surface area contributed by atoms with Gasteiger partial charge in [0.2, 0.25) is 17.8 Å². The molecule has 3 aromatic carbocycles. The van der Waals surface area contributed by atoms with Crippen LogP contribution in [-0.4, -0.2) is 121 Å². The van der Waals surface area contributed by atoms with E-state index in [0.29, 0.717) is 52.8 Å². The Kier molecular flexibility index (Phi) is 13.7. The molecule has 4 aliphatic heterocycles. The van der Waals surface area contributed by atoms with Crippen molar-refractivity contribution < 1.29 is 23.7 Å². The second-order valence-corrected chi connectivity index (χ2v) is 20.6. The van der Waals surface area contributed by atoms with Crippen LogP contribution in [0.25, 0.3) is 0 Å². The van der Waals surface area contributed by atoms with Gasteiger partial charge in [-0.1, -0.05) is 35.6 Å². The summed E-state index contributed by atoms with van der Waals surface area (Å²) in [5, 5.41) is 9.97. The van der Waals surface area contributed by atoms with Gasteiger partial charge in [-0.15, -0.1) is 0 Å². The molecule has 0 radical (unpaired) electrons. The van der Waals surface area contributed by atoms with E-state index in [0.717, 1.165) is 106 Å². The Labute approximate surface area is 374 Å². The number of aromatic nitrogens is 2. The van der Waals surface area contributed by atoms with Crippen LogP contribution in [0.15, 0.2) is 66.9 Å². The van der Waals surface area contributed by atoms with Gasteiger partial charge in [-0.3, -0.25) is 24.6 Å². The van der Waals surface area contributed by atoms with Crippen molar-refractivity contribution in [3.05, 3.63) is 88.6 Å². The number of para-hydroxylation sites is 1. The van der Waals surface area contributed by atoms with E-state index in [1.54, 1.807) is 25.3 Å². The molecule has 330 valence electrons. The SMILES string of the molecule is COc1cc(N2CCC(N3CCN(CCCCC#Cc4ccc5c(c4)CN(C4CCC(=O)NC4=O)C5=O)CC3)CC2)ccc1Nc1ncc(Cl)c(Nc2ccccc2P(C)(C)=O)n1. The zero-order chi connectivity index (χ0) is 44.1. The van der Waals surface area contributed by atoms with Crippen molar-refractivity contribution in [1.82, 2.24) is 30.0 Å². The lowest BCUT2D eigenvalue weighted by atomic mass is 10.0. The highest BCUT2D eigenvalue weighted by atomic mass is 35.5. The fraction of sp³-hybridized carbons (Fsp3) is 0.426. The average molecular weight is 892 g/mol. The van der Waals surface area contributed by atoms with Crippen LogP contribution in [0.2, 0.25) is 5.02 Å². The molecule has 3 amide bonds. The van der Waals surface area contributed by atoms with E-state index in [1.165, 1.54) is 6.20 Å². The van der Waals surface area contributed by atoms with Crippen molar-refractivity contribution in [3.8, 4) is 17.6 Å². The largest absolute Gasteiger partial charge is 0.494 e. The predicted molar refractivity (Wildman–Crippen MR) is 249 cm³/mol. The van der Waals surface area contributed by atoms with Gasteiger partial charge in [-0.05, 0) is 100 Å². The quantitative estimate of drug-likeness (QED) is 0.0586. The first-order valence-corrected chi connectivity index (χ1v) is 24.8. The number of nitrogens with one attached hydrogen (secondary N) is 3. The molecule has 8 rings (SSSR count). The molecule has 1 unspecified atom stereocenters. The number of benzene rings is 3. The summed E-state index contributed by atoms with van der Waals surface area (Å²) < 4.78 is 18.7. The highest BCUT2D eigenvalue weighted by Gasteiger charge is 2.39. The van der Waals surface area contributed by atoms with Crippen LogP contribution in [0.1, 0.15) is 66.4 Å². The Balaban J connectivity index is 0.753. The molecule has 14 nitrogen and oxygen atoms in total. The molecule has 3 saturated heterocycles. The summed E-state index contributed by atoms with van der Waals surface area (Å²) in [5.74, 6) is 7.19. The van der Waals surface area contributed by atoms with Crippen molar-refractivity contribution in [3.63, 3.8) is 0 Å². The second kappa shape index (κ2) is 19.5. The maximum absolute atomic E-state index is 13.0. The summed E-state index contributed by atoms with van der Waals surface area (Å²) in [4.78, 5) is 55.2. The lowest BCUT2D eigenvalue weighted by Gasteiger charge is -2.43. The Bertz CT molecular complexity index is 2470. The minimum absolute atomic E-state index is 0.164. The van der Waals surface area contributed by atoms with Gasteiger partial charge in [0, 0.05) is 92.9 Å². The van der Waals surface area contributed by atoms with Crippen molar-refractivity contribution in [1.29, 1.82) is 0 Å². The standard InChI is InChI=1S/C47H55ClN9O5P/c1-62-41-29-35(14-16-38(41)51-47-49-30-37(48)44(53-47)50-39-11-7-8-12-42(39)63(2,3)61)55-22-19-34(20-23-55)56-26-24-54(25-27-56)21-9-5-4-6-10-32-13-15-36-33(28-32)31-57(46(36)60)40-17-18-43(58)52-45(40)59/h7-8,11-16,28-30,34,40H,4-5,9,17-27,31H2,1-3H3,(H,52,58,59)(H2,49,50,51,53). The third kappa shape index (κ3) is 10.5. The molecule has 4 aliphatic rings. The smallest absolute Gasteiger partial charge is 0.255 e. The van der Waals surface area contributed by atoms with E-state index in [2.05, 4.69) is 64.6 Å². The summed E-state index contributed by atoms with van der Waals surface area (Å²) >= 11 is 6.49. The molecule has 3 fully saturated rings. The Hall–Kier alpha value is -5.45. The van der Waals surface area contributed by atoms with Crippen LogP contribution in [0.5, 0.6) is 5.75 Å². The number of imide groups is 1. The minimum Gasteiger partial charge on any atom is -0.494 e. The normalized spacial score (nSPS) is 18.7. The molecule has 1 aromatic heterocycles. The monoisotopic (exact) mass is 891 g/mol. The van der Waals surface area contributed by atoms with Crippen LogP contribution in [0, 0.1) is 11.8 Å². The fourth-order valence-electron chi connectivity index (χ4n) is 9.00. The molecule has 3 N–H and O–H groups in total. The third-order valence-corrected chi connectivity index (χ3v) is 14.3. The van der Waals surface area contributed by atoms with Gasteiger partial charge < -0.3 is 34.6 Å². The highest BCUT2D eigenvalue weighted by Crippen LogP contribution is 2.39. The number of piperazine rings is 1. The Morgan fingerprint density at radius 1 is 0.921 bits per heavy atom. The van der Waals surface area contributed by atoms with Gasteiger partial charge >= 0.3 is 0 Å². The second-order valence-electron chi connectivity index (χ2n) is 17.0. The van der Waals surface area contributed by atoms with E-state index in [4.69, 9.17) is 16.3 Å². The number of carbonyl (C=O) groups is 3. The van der Waals surface area contributed by atoms with Gasteiger partial charge in [0.15, 0.2) is 5.82 Å². The summed E-state index contributed by atoms with van der Waals surface area (Å²) in [6.07, 6.45) is 7.32. The average Bonchev–Trinajstić information content (AvgIpc) is 3.60. The van der Waals surface area contributed by atoms with Gasteiger partial charge in [0.05, 0.1) is 24.7 Å². The number of hydrogen-bond donors (Lipinski definition) is 3. The Morgan fingerprint density at radius 3 is 2.48 bits per heavy atom. The van der Waals surface area contributed by atoms with Crippen molar-refractivity contribution in [2.24, 2.45) is 0 Å². The number of methoxy groups -OCH3 is 1. The van der Waals surface area contributed by atoms with Crippen LogP contribution in [0.4, 0.5) is 28.8 Å². The zero-order valence-corrected chi connectivity index (χ0v) is 37.8. The molecule has 4 aromatic rings. The third-order valence-electron chi connectivity index (χ3n) is 12.4. The minimum atomic E-state index is -2.54. The molecule has 1 atom stereocenters. The van der Waals surface area contributed by atoms with E-state index in [1.807, 2.05) is 48.5 Å². The first kappa shape index (κ1) is 44.2. The van der Waals surface area contributed by atoms with Gasteiger partial charge in [0.1, 0.15) is 24.0 Å². The van der Waals surface area contributed by atoms with Crippen molar-refractivity contribution in [2.45, 2.75) is 63.6 Å². The zero-order valence-electron chi connectivity index (χ0n) is 36.2. The van der Waals surface area contributed by atoms with Crippen LogP contribution < -0.4 is 30.9 Å². The maximum Gasteiger partial charge on any atom is 0.255 e.